The summed E-state index contributed by atoms with van der Waals surface area (Å²) in [6, 6.07) is 8.18. The molecule has 2 aliphatic heterocycles. The largest absolute Gasteiger partial charge is 0.381 e. The fraction of sp³-hybridized carbons (Fsp3) is 0.533. The van der Waals surface area contributed by atoms with E-state index in [9.17, 15) is 9.90 Å². The lowest BCUT2D eigenvalue weighted by Crippen LogP contribution is -2.45. The molecule has 2 heterocycles. The number of ether oxygens (including phenoxy) is 1. The van der Waals surface area contributed by atoms with E-state index in [4.69, 9.17) is 4.74 Å². The predicted octanol–water partition coefficient (Wildman–Crippen LogP) is 1.42. The second-order valence-electron chi connectivity index (χ2n) is 5.98. The molecule has 0 aliphatic carbocycles. The molecule has 1 atom stereocenters. The smallest absolute Gasteiger partial charge is 0.254 e. The van der Waals surface area contributed by atoms with Crippen molar-refractivity contribution in [1.29, 1.82) is 0 Å². The number of benzene rings is 1. The molecule has 1 spiro atoms. The summed E-state index contributed by atoms with van der Waals surface area (Å²) in [5, 5.41) is 9.84. The Kier molecular flexibility index (Phi) is 2.69. The zero-order valence-electron chi connectivity index (χ0n) is 11.3. The van der Waals surface area contributed by atoms with Crippen LogP contribution in [-0.2, 0) is 21.7 Å². The standard InChI is InChI=1S/C15H19NO3/c1-14(2,18)13(17)16-8-7-15(10-16)12-6-4-3-5-11(12)9-19-15/h3-6,18H,7-10H2,1-2H3. The van der Waals surface area contributed by atoms with Gasteiger partial charge in [-0.25, -0.2) is 0 Å². The lowest BCUT2D eigenvalue weighted by Gasteiger charge is -2.27. The molecule has 1 aromatic rings. The van der Waals surface area contributed by atoms with Crippen molar-refractivity contribution in [3.8, 4) is 0 Å². The summed E-state index contributed by atoms with van der Waals surface area (Å²) in [6.45, 7) is 4.85. The van der Waals surface area contributed by atoms with Crippen LogP contribution in [0.25, 0.3) is 0 Å². The highest BCUT2D eigenvalue weighted by molar-refractivity contribution is 5.84. The van der Waals surface area contributed by atoms with Gasteiger partial charge in [-0.15, -0.1) is 0 Å². The van der Waals surface area contributed by atoms with Crippen molar-refractivity contribution in [2.24, 2.45) is 0 Å². The van der Waals surface area contributed by atoms with Crippen LogP contribution >= 0.6 is 0 Å². The quantitative estimate of drug-likeness (QED) is 0.831. The highest BCUT2D eigenvalue weighted by Crippen LogP contribution is 2.43. The van der Waals surface area contributed by atoms with Gasteiger partial charge in [0.2, 0.25) is 0 Å². The van der Waals surface area contributed by atoms with E-state index in [1.54, 1.807) is 4.90 Å². The Morgan fingerprint density at radius 3 is 2.89 bits per heavy atom. The van der Waals surface area contributed by atoms with Gasteiger partial charge in [-0.1, -0.05) is 24.3 Å². The van der Waals surface area contributed by atoms with Gasteiger partial charge in [0.25, 0.3) is 5.91 Å². The third kappa shape index (κ3) is 1.95. The zero-order valence-corrected chi connectivity index (χ0v) is 11.3. The van der Waals surface area contributed by atoms with Gasteiger partial charge in [0, 0.05) is 6.54 Å². The topological polar surface area (TPSA) is 49.8 Å². The van der Waals surface area contributed by atoms with Crippen LogP contribution in [-0.4, -0.2) is 34.6 Å². The van der Waals surface area contributed by atoms with E-state index in [-0.39, 0.29) is 11.5 Å². The van der Waals surface area contributed by atoms with Crippen LogP contribution in [0.1, 0.15) is 31.4 Å². The van der Waals surface area contributed by atoms with Crippen molar-refractivity contribution >= 4 is 5.91 Å². The molecule has 1 N–H and O–H groups in total. The molecule has 1 amide bonds. The summed E-state index contributed by atoms with van der Waals surface area (Å²) >= 11 is 0. The van der Waals surface area contributed by atoms with Gasteiger partial charge in [-0.3, -0.25) is 4.79 Å². The minimum Gasteiger partial charge on any atom is -0.381 e. The van der Waals surface area contributed by atoms with E-state index in [0.29, 0.717) is 19.7 Å². The fourth-order valence-electron chi connectivity index (χ4n) is 3.06. The summed E-state index contributed by atoms with van der Waals surface area (Å²) < 4.78 is 5.99. The summed E-state index contributed by atoms with van der Waals surface area (Å²) in [5.74, 6) is -0.225. The van der Waals surface area contributed by atoms with Crippen molar-refractivity contribution in [3.05, 3.63) is 35.4 Å². The second kappa shape index (κ2) is 4.05. The van der Waals surface area contributed by atoms with Crippen LogP contribution in [0.15, 0.2) is 24.3 Å². The van der Waals surface area contributed by atoms with Crippen molar-refractivity contribution in [2.45, 2.75) is 38.1 Å². The number of hydrogen-bond donors (Lipinski definition) is 1. The van der Waals surface area contributed by atoms with Crippen LogP contribution in [0, 0.1) is 0 Å². The molecule has 0 saturated carbocycles. The van der Waals surface area contributed by atoms with E-state index >= 15 is 0 Å². The molecule has 0 radical (unpaired) electrons. The normalized spacial score (nSPS) is 25.9. The molecular formula is C15H19NO3. The van der Waals surface area contributed by atoms with E-state index in [1.807, 2.05) is 12.1 Å². The molecule has 1 aromatic carbocycles. The third-order valence-corrected chi connectivity index (χ3v) is 4.05. The van der Waals surface area contributed by atoms with Crippen molar-refractivity contribution in [2.75, 3.05) is 13.1 Å². The molecule has 102 valence electrons. The first-order chi connectivity index (χ1) is 8.92. The van der Waals surface area contributed by atoms with Crippen LogP contribution < -0.4 is 0 Å². The van der Waals surface area contributed by atoms with Crippen molar-refractivity contribution in [3.63, 3.8) is 0 Å². The Morgan fingerprint density at radius 2 is 2.16 bits per heavy atom. The first kappa shape index (κ1) is 12.6. The molecule has 4 heteroatoms. The van der Waals surface area contributed by atoms with Crippen LogP contribution in [0.4, 0.5) is 0 Å². The highest BCUT2D eigenvalue weighted by Gasteiger charge is 2.48. The number of amides is 1. The van der Waals surface area contributed by atoms with E-state index in [0.717, 1.165) is 6.42 Å². The lowest BCUT2D eigenvalue weighted by molar-refractivity contribution is -0.148. The Hall–Kier alpha value is -1.39. The Labute approximate surface area is 113 Å². The molecule has 3 rings (SSSR count). The van der Waals surface area contributed by atoms with Gasteiger partial charge >= 0.3 is 0 Å². The minimum atomic E-state index is -1.32. The van der Waals surface area contributed by atoms with Crippen molar-refractivity contribution < 1.29 is 14.6 Å². The maximum atomic E-state index is 12.1. The number of fused-ring (bicyclic) bond motifs is 2. The average Bonchev–Trinajstić information content (AvgIpc) is 2.95. The number of nitrogens with zero attached hydrogens (tertiary/aromatic N) is 1. The number of hydrogen-bond acceptors (Lipinski definition) is 3. The van der Waals surface area contributed by atoms with Gasteiger partial charge in [-0.2, -0.15) is 0 Å². The summed E-state index contributed by atoms with van der Waals surface area (Å²) in [4.78, 5) is 13.8. The molecule has 0 aromatic heterocycles. The SMILES string of the molecule is CC(C)(O)C(=O)N1CCC2(C1)OCc1ccccc12. The third-order valence-electron chi connectivity index (χ3n) is 4.05. The van der Waals surface area contributed by atoms with Gasteiger partial charge in [-0.05, 0) is 31.4 Å². The van der Waals surface area contributed by atoms with Crippen LogP contribution in [0.3, 0.4) is 0 Å². The lowest BCUT2D eigenvalue weighted by atomic mass is 9.92. The van der Waals surface area contributed by atoms with E-state index in [2.05, 4.69) is 12.1 Å². The highest BCUT2D eigenvalue weighted by atomic mass is 16.5. The average molecular weight is 261 g/mol. The molecule has 0 bridgehead atoms. The fourth-order valence-corrected chi connectivity index (χ4v) is 3.06. The van der Waals surface area contributed by atoms with Gasteiger partial charge in [0.05, 0.1) is 13.2 Å². The second-order valence-corrected chi connectivity index (χ2v) is 5.98. The zero-order chi connectivity index (χ0) is 13.7. The Morgan fingerprint density at radius 1 is 1.42 bits per heavy atom. The molecule has 19 heavy (non-hydrogen) atoms. The van der Waals surface area contributed by atoms with Crippen LogP contribution in [0.5, 0.6) is 0 Å². The molecule has 1 fully saturated rings. The number of rotatable bonds is 1. The number of aliphatic hydroxyl groups is 1. The molecule has 1 saturated heterocycles. The molecule has 2 aliphatic rings. The maximum Gasteiger partial charge on any atom is 0.254 e. The minimum absolute atomic E-state index is 0.225. The van der Waals surface area contributed by atoms with Gasteiger partial charge < -0.3 is 14.7 Å². The van der Waals surface area contributed by atoms with Gasteiger partial charge in [0.15, 0.2) is 0 Å². The summed E-state index contributed by atoms with van der Waals surface area (Å²) in [5.41, 5.74) is 0.724. The summed E-state index contributed by atoms with van der Waals surface area (Å²) in [7, 11) is 0. The number of carbonyl (C=O) groups excluding carboxylic acids is 1. The van der Waals surface area contributed by atoms with Gasteiger partial charge in [0.1, 0.15) is 11.2 Å². The monoisotopic (exact) mass is 261 g/mol. The maximum absolute atomic E-state index is 12.1. The van der Waals surface area contributed by atoms with E-state index in [1.165, 1.54) is 25.0 Å². The Bertz CT molecular complexity index is 520. The first-order valence-corrected chi connectivity index (χ1v) is 6.66. The van der Waals surface area contributed by atoms with Crippen LogP contribution in [0.2, 0.25) is 0 Å². The number of likely N-dealkylation sites (tertiary alicyclic amines) is 1. The predicted molar refractivity (Wildman–Crippen MR) is 70.4 cm³/mol. The summed E-state index contributed by atoms with van der Waals surface area (Å²) in [6.07, 6.45) is 0.797. The molecule has 1 unspecified atom stereocenters. The molecular weight excluding hydrogens is 242 g/mol. The number of carbonyl (C=O) groups is 1. The van der Waals surface area contributed by atoms with E-state index < -0.39 is 5.60 Å². The van der Waals surface area contributed by atoms with Crippen molar-refractivity contribution in [1.82, 2.24) is 4.90 Å². The Balaban J connectivity index is 1.86. The molecule has 4 nitrogen and oxygen atoms in total. The first-order valence-electron chi connectivity index (χ1n) is 6.66.